The van der Waals surface area contributed by atoms with Gasteiger partial charge in [0.25, 0.3) is 0 Å². The van der Waals surface area contributed by atoms with Gasteiger partial charge in [-0.1, -0.05) is 11.6 Å². The Balaban J connectivity index is 2.03. The molecule has 2 aliphatic rings. The van der Waals surface area contributed by atoms with E-state index in [1.807, 2.05) is 0 Å². The minimum absolute atomic E-state index is 0.0672. The number of carbonyl (C=O) groups excluding carboxylic acids is 1. The van der Waals surface area contributed by atoms with E-state index in [2.05, 4.69) is 4.98 Å². The van der Waals surface area contributed by atoms with Crippen LogP contribution in [0.3, 0.4) is 0 Å². The lowest BCUT2D eigenvalue weighted by Crippen LogP contribution is -2.48. The number of hydrogen-bond acceptors (Lipinski definition) is 6. The molecule has 0 bridgehead atoms. The van der Waals surface area contributed by atoms with Crippen molar-refractivity contribution in [3.05, 3.63) is 17.3 Å². The first-order valence-electron chi connectivity index (χ1n) is 7.83. The molecule has 1 unspecified atom stereocenters. The van der Waals surface area contributed by atoms with E-state index in [-0.39, 0.29) is 33.9 Å². The van der Waals surface area contributed by atoms with Crippen LogP contribution >= 0.6 is 11.6 Å². The summed E-state index contributed by atoms with van der Waals surface area (Å²) in [5, 5.41) is 0.0949. The van der Waals surface area contributed by atoms with Crippen LogP contribution in [0, 0.1) is 0 Å². The van der Waals surface area contributed by atoms with Crippen LogP contribution in [0.5, 0.6) is 5.88 Å². The number of ether oxygens (including phenoxy) is 2. The summed E-state index contributed by atoms with van der Waals surface area (Å²) in [6.07, 6.45) is 1.82. The van der Waals surface area contributed by atoms with Gasteiger partial charge in [-0.3, -0.25) is 4.79 Å². The Bertz CT molecular complexity index is 785. The third-order valence-electron chi connectivity index (χ3n) is 4.54. The van der Waals surface area contributed by atoms with Crippen molar-refractivity contribution in [2.24, 2.45) is 0 Å². The molecule has 3 rings (SSSR count). The van der Waals surface area contributed by atoms with Gasteiger partial charge in [0.05, 0.1) is 25.5 Å². The van der Waals surface area contributed by atoms with E-state index in [1.165, 1.54) is 28.6 Å². The highest BCUT2D eigenvalue weighted by Gasteiger charge is 2.53. The number of aromatic nitrogens is 1. The second-order valence-electron chi connectivity index (χ2n) is 6.25. The van der Waals surface area contributed by atoms with Crippen LogP contribution in [0.25, 0.3) is 0 Å². The van der Waals surface area contributed by atoms with E-state index in [4.69, 9.17) is 21.1 Å². The Kier molecular flexibility index (Phi) is 4.93. The average Bonchev–Trinajstić information content (AvgIpc) is 3.14. The zero-order valence-electron chi connectivity index (χ0n) is 14.2. The lowest BCUT2D eigenvalue weighted by atomic mass is 10.1. The molecule has 0 N–H and O–H groups in total. The van der Waals surface area contributed by atoms with Crippen LogP contribution in [0.1, 0.15) is 12.8 Å². The lowest BCUT2D eigenvalue weighted by Gasteiger charge is -2.29. The van der Waals surface area contributed by atoms with Gasteiger partial charge in [0.2, 0.25) is 21.8 Å². The highest BCUT2D eigenvalue weighted by Crippen LogP contribution is 2.39. The van der Waals surface area contributed by atoms with Crippen molar-refractivity contribution in [3.63, 3.8) is 0 Å². The van der Waals surface area contributed by atoms with Crippen molar-refractivity contribution in [3.8, 4) is 5.88 Å². The molecule has 2 aliphatic heterocycles. The quantitative estimate of drug-likeness (QED) is 0.755. The summed E-state index contributed by atoms with van der Waals surface area (Å²) in [7, 11) is 0.643. The molecule has 1 amide bonds. The molecule has 0 aliphatic carbocycles. The maximum atomic E-state index is 13.2. The summed E-state index contributed by atoms with van der Waals surface area (Å²) in [5.74, 6) is -0.126. The third kappa shape index (κ3) is 3.10. The number of likely N-dealkylation sites (N-methyl/N-ethyl adjacent to an activating group) is 1. The average molecular weight is 390 g/mol. The second kappa shape index (κ2) is 6.71. The number of nitrogens with zero attached hydrogens (tertiary/aromatic N) is 3. The number of sulfonamides is 1. The topological polar surface area (TPSA) is 89.0 Å². The van der Waals surface area contributed by atoms with Gasteiger partial charge in [0, 0.05) is 27.1 Å². The van der Waals surface area contributed by atoms with Gasteiger partial charge in [-0.25, -0.2) is 13.4 Å². The van der Waals surface area contributed by atoms with E-state index in [9.17, 15) is 13.2 Å². The predicted molar refractivity (Wildman–Crippen MR) is 90.1 cm³/mol. The Morgan fingerprint density at radius 2 is 2.20 bits per heavy atom. The Morgan fingerprint density at radius 1 is 1.48 bits per heavy atom. The molecule has 0 radical (unpaired) electrons. The zero-order chi connectivity index (χ0) is 18.4. The zero-order valence-corrected chi connectivity index (χ0v) is 15.7. The van der Waals surface area contributed by atoms with Crippen molar-refractivity contribution in [2.45, 2.75) is 35.9 Å². The van der Waals surface area contributed by atoms with Gasteiger partial charge in [-0.15, -0.1) is 0 Å². The Morgan fingerprint density at radius 3 is 2.80 bits per heavy atom. The fourth-order valence-corrected chi connectivity index (χ4v) is 5.50. The molecular formula is C15H20ClN3O5S. The Labute approximate surface area is 151 Å². The number of amides is 1. The molecule has 1 aromatic heterocycles. The lowest BCUT2D eigenvalue weighted by molar-refractivity contribution is -0.132. The SMILES string of the molecule is COc1ncc(S(=O)(=O)N2C(C(=O)N(C)C)C[C@@H]3OCC[C@@H]32)cc1Cl. The van der Waals surface area contributed by atoms with Crippen LogP contribution in [0.4, 0.5) is 0 Å². The van der Waals surface area contributed by atoms with Crippen molar-refractivity contribution >= 4 is 27.5 Å². The van der Waals surface area contributed by atoms with Crippen LogP contribution in [0.2, 0.25) is 5.02 Å². The van der Waals surface area contributed by atoms with Crippen LogP contribution in [-0.4, -0.2) is 74.5 Å². The van der Waals surface area contributed by atoms with Gasteiger partial charge in [0.1, 0.15) is 16.0 Å². The highest BCUT2D eigenvalue weighted by atomic mass is 35.5. The molecule has 2 fully saturated rings. The molecule has 0 aromatic carbocycles. The molecule has 138 valence electrons. The van der Waals surface area contributed by atoms with Gasteiger partial charge >= 0.3 is 0 Å². The van der Waals surface area contributed by atoms with Crippen LogP contribution in [-0.2, 0) is 19.6 Å². The second-order valence-corrected chi connectivity index (χ2v) is 8.50. The molecule has 3 heterocycles. The molecular weight excluding hydrogens is 370 g/mol. The summed E-state index contributed by atoms with van der Waals surface area (Å²) in [6, 6.07) is 0.138. The van der Waals surface area contributed by atoms with E-state index in [0.717, 1.165) is 0 Å². The number of rotatable bonds is 4. The number of fused-ring (bicyclic) bond motifs is 1. The van der Waals surface area contributed by atoms with Crippen molar-refractivity contribution in [1.29, 1.82) is 0 Å². The van der Waals surface area contributed by atoms with Crippen molar-refractivity contribution < 1.29 is 22.7 Å². The monoisotopic (exact) mass is 389 g/mol. The van der Waals surface area contributed by atoms with Gasteiger partial charge in [-0.2, -0.15) is 4.31 Å². The minimum Gasteiger partial charge on any atom is -0.480 e. The maximum Gasteiger partial charge on any atom is 0.245 e. The number of hydrogen-bond donors (Lipinski definition) is 0. The van der Waals surface area contributed by atoms with Crippen LogP contribution in [0.15, 0.2) is 17.2 Å². The minimum atomic E-state index is -3.96. The number of pyridine rings is 1. The van der Waals surface area contributed by atoms with Crippen molar-refractivity contribution in [1.82, 2.24) is 14.2 Å². The van der Waals surface area contributed by atoms with Crippen LogP contribution < -0.4 is 4.74 Å². The fraction of sp³-hybridized carbons (Fsp3) is 0.600. The normalized spacial score (nSPS) is 26.5. The van der Waals surface area contributed by atoms with E-state index in [0.29, 0.717) is 19.4 Å². The summed E-state index contributed by atoms with van der Waals surface area (Å²) in [6.45, 7) is 0.478. The van der Waals surface area contributed by atoms with E-state index >= 15 is 0 Å². The number of methoxy groups -OCH3 is 1. The standard InChI is InChI=1S/C15H20ClN3O5S/c1-18(2)15(20)12-7-13-11(4-5-24-13)19(12)25(21,22)9-6-10(16)14(23-3)17-8-9/h6,8,11-13H,4-5,7H2,1-3H3/t11-,12?,13-/m0/s1. The van der Waals surface area contributed by atoms with E-state index in [1.54, 1.807) is 14.1 Å². The first-order valence-corrected chi connectivity index (χ1v) is 9.65. The van der Waals surface area contributed by atoms with E-state index < -0.39 is 16.1 Å². The smallest absolute Gasteiger partial charge is 0.245 e. The predicted octanol–water partition coefficient (Wildman–Crippen LogP) is 0.752. The summed E-state index contributed by atoms with van der Waals surface area (Å²) in [5.41, 5.74) is 0. The largest absolute Gasteiger partial charge is 0.480 e. The number of halogens is 1. The summed E-state index contributed by atoms with van der Waals surface area (Å²) >= 11 is 6.03. The van der Waals surface area contributed by atoms with Crippen molar-refractivity contribution in [2.75, 3.05) is 27.8 Å². The molecule has 0 spiro atoms. The van der Waals surface area contributed by atoms with Gasteiger partial charge in [0.15, 0.2) is 0 Å². The Hall–Kier alpha value is -1.42. The number of carbonyl (C=O) groups is 1. The fourth-order valence-electron chi connectivity index (χ4n) is 3.38. The van der Waals surface area contributed by atoms with Gasteiger partial charge in [-0.05, 0) is 12.5 Å². The van der Waals surface area contributed by atoms with Gasteiger partial charge < -0.3 is 14.4 Å². The maximum absolute atomic E-state index is 13.2. The highest BCUT2D eigenvalue weighted by molar-refractivity contribution is 7.89. The molecule has 25 heavy (non-hydrogen) atoms. The molecule has 3 atom stereocenters. The molecule has 0 saturated carbocycles. The summed E-state index contributed by atoms with van der Waals surface area (Å²) in [4.78, 5) is 17.8. The first-order chi connectivity index (χ1) is 11.8. The summed E-state index contributed by atoms with van der Waals surface area (Å²) < 4.78 is 38.3. The molecule has 10 heteroatoms. The molecule has 1 aromatic rings. The third-order valence-corrected chi connectivity index (χ3v) is 6.71. The molecule has 2 saturated heterocycles. The molecule has 8 nitrogen and oxygen atoms in total. The first kappa shape index (κ1) is 18.4.